The minimum Gasteiger partial charge on any atom is -0.496 e. The maximum atomic E-state index is 11.5. The molecule has 0 bridgehead atoms. The van der Waals surface area contributed by atoms with E-state index in [1.807, 2.05) is 44.2 Å². The number of ether oxygens (including phenoxy) is 1. The second kappa shape index (κ2) is 7.37. The molecule has 1 aromatic rings. The van der Waals surface area contributed by atoms with Gasteiger partial charge < -0.3 is 15.4 Å². The van der Waals surface area contributed by atoms with Gasteiger partial charge in [0.1, 0.15) is 5.75 Å². The normalized spacial score (nSPS) is 10.7. The van der Waals surface area contributed by atoms with Gasteiger partial charge in [0.2, 0.25) is 0 Å². The quantitative estimate of drug-likeness (QED) is 0.841. The molecule has 0 heterocycles. The van der Waals surface area contributed by atoms with Gasteiger partial charge in [-0.05, 0) is 12.0 Å². The molecule has 2 N–H and O–H groups in total. The molecular formula is C14H20N2O2. The Hall–Kier alpha value is -1.97. The molecule has 0 spiro atoms. The zero-order chi connectivity index (χ0) is 13.4. The Kier molecular flexibility index (Phi) is 5.77. The highest BCUT2D eigenvalue weighted by Crippen LogP contribution is 2.16. The Balaban J connectivity index is 2.42. The predicted molar refractivity (Wildman–Crippen MR) is 72.3 cm³/mol. The van der Waals surface area contributed by atoms with Crippen LogP contribution in [0, 0.1) is 5.92 Å². The Bertz CT molecular complexity index is 414. The average molecular weight is 248 g/mol. The third kappa shape index (κ3) is 4.91. The molecule has 0 aromatic heterocycles. The van der Waals surface area contributed by atoms with Gasteiger partial charge in [-0.3, -0.25) is 0 Å². The second-order valence-corrected chi connectivity index (χ2v) is 4.24. The summed E-state index contributed by atoms with van der Waals surface area (Å²) in [5, 5.41) is 5.42. The lowest BCUT2D eigenvalue weighted by molar-refractivity contribution is 0.243. The van der Waals surface area contributed by atoms with Gasteiger partial charge in [0.05, 0.1) is 7.11 Å². The van der Waals surface area contributed by atoms with E-state index >= 15 is 0 Å². The molecule has 0 aliphatic heterocycles. The number of nitrogens with one attached hydrogen (secondary N) is 2. The first-order valence-corrected chi connectivity index (χ1v) is 5.96. The van der Waals surface area contributed by atoms with Crippen LogP contribution in [0.3, 0.4) is 0 Å². The minimum atomic E-state index is -0.224. The summed E-state index contributed by atoms with van der Waals surface area (Å²) in [6.07, 6.45) is 3.57. The summed E-state index contributed by atoms with van der Waals surface area (Å²) < 4.78 is 5.20. The van der Waals surface area contributed by atoms with Gasteiger partial charge in [-0.1, -0.05) is 38.1 Å². The molecule has 98 valence electrons. The molecule has 0 aliphatic carbocycles. The third-order valence-corrected chi connectivity index (χ3v) is 2.33. The van der Waals surface area contributed by atoms with Gasteiger partial charge in [0.25, 0.3) is 0 Å². The van der Waals surface area contributed by atoms with E-state index in [-0.39, 0.29) is 6.03 Å². The first-order valence-electron chi connectivity index (χ1n) is 5.96. The van der Waals surface area contributed by atoms with Crippen molar-refractivity contribution in [2.24, 2.45) is 5.92 Å². The highest BCUT2D eigenvalue weighted by molar-refractivity contribution is 5.74. The summed E-state index contributed by atoms with van der Waals surface area (Å²) in [6, 6.07) is 7.37. The number of para-hydroxylation sites is 1. The van der Waals surface area contributed by atoms with Gasteiger partial charge in [-0.2, -0.15) is 0 Å². The van der Waals surface area contributed by atoms with Crippen molar-refractivity contribution in [3.05, 3.63) is 42.1 Å². The van der Waals surface area contributed by atoms with E-state index in [0.29, 0.717) is 12.5 Å². The van der Waals surface area contributed by atoms with E-state index in [2.05, 4.69) is 10.6 Å². The first-order chi connectivity index (χ1) is 8.63. The van der Waals surface area contributed by atoms with Crippen LogP contribution in [0.25, 0.3) is 0 Å². The molecular weight excluding hydrogens is 228 g/mol. The topological polar surface area (TPSA) is 50.4 Å². The average Bonchev–Trinajstić information content (AvgIpc) is 2.36. The fourth-order valence-electron chi connectivity index (χ4n) is 1.39. The standard InChI is InChI=1S/C14H20N2O2/c1-11(2)8-9-15-14(17)16-10-12-6-4-5-7-13(12)18-3/h4-9,11H,10H2,1-3H3,(H2,15,16,17)/b9-8+. The van der Waals surface area contributed by atoms with Crippen LogP contribution in [0.15, 0.2) is 36.5 Å². The van der Waals surface area contributed by atoms with E-state index < -0.39 is 0 Å². The minimum absolute atomic E-state index is 0.224. The summed E-state index contributed by atoms with van der Waals surface area (Å²) in [5.41, 5.74) is 0.947. The highest BCUT2D eigenvalue weighted by atomic mass is 16.5. The van der Waals surface area contributed by atoms with E-state index in [4.69, 9.17) is 4.74 Å². The van der Waals surface area contributed by atoms with E-state index in [9.17, 15) is 4.79 Å². The van der Waals surface area contributed by atoms with E-state index in [0.717, 1.165) is 11.3 Å². The van der Waals surface area contributed by atoms with Crippen molar-refractivity contribution in [2.75, 3.05) is 7.11 Å². The summed E-state index contributed by atoms with van der Waals surface area (Å²) in [6.45, 7) is 4.53. The number of benzene rings is 1. The molecule has 1 aromatic carbocycles. The molecule has 0 aliphatic rings. The van der Waals surface area contributed by atoms with Crippen molar-refractivity contribution in [2.45, 2.75) is 20.4 Å². The van der Waals surface area contributed by atoms with Gasteiger partial charge >= 0.3 is 6.03 Å². The van der Waals surface area contributed by atoms with Crippen molar-refractivity contribution >= 4 is 6.03 Å². The van der Waals surface area contributed by atoms with Crippen LogP contribution >= 0.6 is 0 Å². The Morgan fingerprint density at radius 1 is 1.39 bits per heavy atom. The molecule has 4 heteroatoms. The Morgan fingerprint density at radius 3 is 2.78 bits per heavy atom. The smallest absolute Gasteiger partial charge is 0.319 e. The molecule has 4 nitrogen and oxygen atoms in total. The number of amides is 2. The lowest BCUT2D eigenvalue weighted by Gasteiger charge is -2.09. The first kappa shape index (κ1) is 14.1. The largest absolute Gasteiger partial charge is 0.496 e. The molecule has 0 atom stereocenters. The third-order valence-electron chi connectivity index (χ3n) is 2.33. The zero-order valence-electron chi connectivity index (χ0n) is 11.1. The van der Waals surface area contributed by atoms with Crippen molar-refractivity contribution < 1.29 is 9.53 Å². The van der Waals surface area contributed by atoms with E-state index in [1.165, 1.54) is 0 Å². The number of carbonyl (C=O) groups is 1. The monoisotopic (exact) mass is 248 g/mol. The molecule has 0 saturated carbocycles. The van der Waals surface area contributed by atoms with Crippen LogP contribution in [-0.4, -0.2) is 13.1 Å². The summed E-state index contributed by atoms with van der Waals surface area (Å²) in [4.78, 5) is 11.5. The highest BCUT2D eigenvalue weighted by Gasteiger charge is 2.03. The predicted octanol–water partition coefficient (Wildman–Crippen LogP) is 2.66. The molecule has 1 rings (SSSR count). The molecule has 18 heavy (non-hydrogen) atoms. The van der Waals surface area contributed by atoms with Crippen LogP contribution in [0.5, 0.6) is 5.75 Å². The second-order valence-electron chi connectivity index (χ2n) is 4.24. The SMILES string of the molecule is COc1ccccc1CNC(=O)N/C=C/C(C)C. The van der Waals surface area contributed by atoms with Crippen LogP contribution in [0.1, 0.15) is 19.4 Å². The van der Waals surface area contributed by atoms with Crippen molar-refractivity contribution in [1.82, 2.24) is 10.6 Å². The lowest BCUT2D eigenvalue weighted by atomic mass is 10.2. The lowest BCUT2D eigenvalue weighted by Crippen LogP contribution is -2.31. The van der Waals surface area contributed by atoms with Gasteiger partial charge in [-0.15, -0.1) is 0 Å². The van der Waals surface area contributed by atoms with Crippen LogP contribution in [0.2, 0.25) is 0 Å². The summed E-state index contributed by atoms with van der Waals surface area (Å²) >= 11 is 0. The fraction of sp³-hybridized carbons (Fsp3) is 0.357. The van der Waals surface area contributed by atoms with Crippen molar-refractivity contribution in [3.63, 3.8) is 0 Å². The number of hydrogen-bond donors (Lipinski definition) is 2. The van der Waals surface area contributed by atoms with Crippen LogP contribution in [-0.2, 0) is 6.54 Å². The van der Waals surface area contributed by atoms with Crippen molar-refractivity contribution in [3.8, 4) is 5.75 Å². The summed E-state index contributed by atoms with van der Waals surface area (Å²) in [7, 11) is 1.62. The van der Waals surface area contributed by atoms with Gasteiger partial charge in [0, 0.05) is 18.3 Å². The number of rotatable bonds is 5. The zero-order valence-corrected chi connectivity index (χ0v) is 11.1. The molecule has 2 amide bonds. The Labute approximate surface area is 108 Å². The number of allylic oxidation sites excluding steroid dienone is 1. The number of carbonyl (C=O) groups excluding carboxylic acids is 1. The number of hydrogen-bond acceptors (Lipinski definition) is 2. The summed E-state index contributed by atoms with van der Waals surface area (Å²) in [5.74, 6) is 1.19. The van der Waals surface area contributed by atoms with Gasteiger partial charge in [-0.25, -0.2) is 4.79 Å². The van der Waals surface area contributed by atoms with Crippen molar-refractivity contribution in [1.29, 1.82) is 0 Å². The molecule has 0 saturated heterocycles. The molecule has 0 radical (unpaired) electrons. The van der Waals surface area contributed by atoms with Gasteiger partial charge in [0.15, 0.2) is 0 Å². The number of methoxy groups -OCH3 is 1. The molecule has 0 unspecified atom stereocenters. The number of urea groups is 1. The van der Waals surface area contributed by atoms with E-state index in [1.54, 1.807) is 13.3 Å². The fourth-order valence-corrected chi connectivity index (χ4v) is 1.39. The Morgan fingerprint density at radius 2 is 2.11 bits per heavy atom. The van der Waals surface area contributed by atoms with Crippen LogP contribution < -0.4 is 15.4 Å². The van der Waals surface area contributed by atoms with Crippen LogP contribution in [0.4, 0.5) is 4.79 Å². The maximum Gasteiger partial charge on any atom is 0.319 e. The molecule has 0 fully saturated rings. The maximum absolute atomic E-state index is 11.5.